The third-order valence-corrected chi connectivity index (χ3v) is 6.73. The summed E-state index contributed by atoms with van der Waals surface area (Å²) in [6.07, 6.45) is 1.64. The summed E-state index contributed by atoms with van der Waals surface area (Å²) in [6.45, 7) is -0.287. The summed E-state index contributed by atoms with van der Waals surface area (Å²) in [6, 6.07) is 10.6. The molecule has 1 heterocycles. The fourth-order valence-corrected chi connectivity index (χ4v) is 5.75. The lowest BCUT2D eigenvalue weighted by atomic mass is 10.1. The van der Waals surface area contributed by atoms with Crippen molar-refractivity contribution in [2.45, 2.75) is 0 Å². The molecular formula is C19H12BrI2NO4S. The van der Waals surface area contributed by atoms with E-state index in [1.165, 1.54) is 0 Å². The number of amides is 2. The van der Waals surface area contributed by atoms with E-state index >= 15 is 0 Å². The summed E-state index contributed by atoms with van der Waals surface area (Å²) in [7, 11) is 1.56. The summed E-state index contributed by atoms with van der Waals surface area (Å²) >= 11 is 8.48. The van der Waals surface area contributed by atoms with Crippen LogP contribution in [0.2, 0.25) is 0 Å². The van der Waals surface area contributed by atoms with Gasteiger partial charge in [0.15, 0.2) is 5.78 Å². The van der Waals surface area contributed by atoms with Gasteiger partial charge in [-0.25, -0.2) is 0 Å². The number of thioether (sulfide) groups is 1. The van der Waals surface area contributed by atoms with Gasteiger partial charge in [-0.2, -0.15) is 0 Å². The molecule has 28 heavy (non-hydrogen) atoms. The fourth-order valence-electron chi connectivity index (χ4n) is 2.55. The van der Waals surface area contributed by atoms with Crippen molar-refractivity contribution in [2.75, 3.05) is 13.7 Å². The van der Waals surface area contributed by atoms with Gasteiger partial charge in [0, 0.05) is 19.2 Å². The van der Waals surface area contributed by atoms with Crippen molar-refractivity contribution >= 4 is 95.9 Å². The maximum absolute atomic E-state index is 12.7. The highest BCUT2D eigenvalue weighted by Crippen LogP contribution is 2.36. The van der Waals surface area contributed by atoms with Crippen molar-refractivity contribution in [1.82, 2.24) is 4.90 Å². The van der Waals surface area contributed by atoms with E-state index in [1.807, 2.05) is 12.1 Å². The van der Waals surface area contributed by atoms with Crippen molar-refractivity contribution in [3.63, 3.8) is 0 Å². The Balaban J connectivity index is 1.85. The lowest BCUT2D eigenvalue weighted by Gasteiger charge is -2.11. The molecule has 0 radical (unpaired) electrons. The van der Waals surface area contributed by atoms with Crippen LogP contribution in [-0.4, -0.2) is 35.5 Å². The first kappa shape index (κ1) is 21.8. The number of halogens is 3. The van der Waals surface area contributed by atoms with Crippen LogP contribution in [0.5, 0.6) is 5.75 Å². The molecule has 1 aliphatic rings. The molecule has 0 spiro atoms. The number of carbonyl (C=O) groups excluding carboxylic acids is 3. The molecule has 3 rings (SSSR count). The molecule has 0 aromatic heterocycles. The third kappa shape index (κ3) is 4.79. The largest absolute Gasteiger partial charge is 0.495 e. The summed E-state index contributed by atoms with van der Waals surface area (Å²) in [5.74, 6) is -0.132. The number of imide groups is 1. The van der Waals surface area contributed by atoms with Crippen molar-refractivity contribution in [2.24, 2.45) is 0 Å². The Morgan fingerprint density at radius 2 is 1.89 bits per heavy atom. The topological polar surface area (TPSA) is 63.7 Å². The summed E-state index contributed by atoms with van der Waals surface area (Å²) < 4.78 is 8.17. The van der Waals surface area contributed by atoms with Gasteiger partial charge in [0.2, 0.25) is 0 Å². The second-order valence-corrected chi connectivity index (χ2v) is 10.0. The predicted octanol–water partition coefficient (Wildman–Crippen LogP) is 5.59. The first-order chi connectivity index (χ1) is 13.3. The second-order valence-electron chi connectivity index (χ2n) is 5.71. The smallest absolute Gasteiger partial charge is 0.293 e. The van der Waals surface area contributed by atoms with E-state index in [0.717, 1.165) is 28.3 Å². The van der Waals surface area contributed by atoms with E-state index in [4.69, 9.17) is 4.74 Å². The second kappa shape index (κ2) is 9.26. The molecule has 2 amide bonds. The molecule has 0 bridgehead atoms. The molecule has 0 saturated carbocycles. The molecule has 1 saturated heterocycles. The van der Waals surface area contributed by atoms with Crippen LogP contribution in [0.25, 0.3) is 6.08 Å². The van der Waals surface area contributed by atoms with Gasteiger partial charge in [-0.1, -0.05) is 28.1 Å². The first-order valence-corrected chi connectivity index (χ1v) is 11.6. The maximum Gasteiger partial charge on any atom is 0.293 e. The molecule has 5 nitrogen and oxygen atoms in total. The standard InChI is InChI=1S/C19H12BrI2NO4S/c1-27-17-11(6-13(21)8-14(17)22)7-16-18(25)23(19(26)28-16)9-15(24)10-2-4-12(20)5-3-10/h2-8H,9H2,1H3/b16-7+. The van der Waals surface area contributed by atoms with E-state index in [1.54, 1.807) is 37.5 Å². The molecule has 2 aromatic rings. The average molecular weight is 684 g/mol. The normalized spacial score (nSPS) is 15.4. The van der Waals surface area contributed by atoms with Gasteiger partial charge < -0.3 is 4.74 Å². The minimum Gasteiger partial charge on any atom is -0.495 e. The van der Waals surface area contributed by atoms with Gasteiger partial charge in [-0.3, -0.25) is 19.3 Å². The molecule has 144 valence electrons. The number of carbonyl (C=O) groups is 3. The SMILES string of the molecule is COc1c(I)cc(I)cc1/C=C1/SC(=O)N(CC(=O)c2ccc(Br)cc2)C1=O. The molecule has 1 fully saturated rings. The molecule has 0 unspecified atom stereocenters. The monoisotopic (exact) mass is 683 g/mol. The highest BCUT2D eigenvalue weighted by Gasteiger charge is 2.36. The van der Waals surface area contributed by atoms with Crippen molar-refractivity contribution in [3.8, 4) is 5.75 Å². The van der Waals surface area contributed by atoms with E-state index in [0.29, 0.717) is 16.9 Å². The van der Waals surface area contributed by atoms with Crippen molar-refractivity contribution in [1.29, 1.82) is 0 Å². The number of ether oxygens (including phenoxy) is 1. The van der Waals surface area contributed by atoms with Gasteiger partial charge in [0.05, 0.1) is 22.1 Å². The van der Waals surface area contributed by atoms with Gasteiger partial charge in [-0.15, -0.1) is 0 Å². The molecule has 1 aliphatic heterocycles. The molecule has 0 N–H and O–H groups in total. The average Bonchev–Trinajstić information content (AvgIpc) is 2.89. The number of hydrogen-bond acceptors (Lipinski definition) is 5. The minimum absolute atomic E-state index is 0.268. The molecule has 0 atom stereocenters. The van der Waals surface area contributed by atoms with Crippen molar-refractivity contribution < 1.29 is 19.1 Å². The van der Waals surface area contributed by atoms with E-state index in [-0.39, 0.29) is 17.2 Å². The predicted molar refractivity (Wildman–Crippen MR) is 130 cm³/mol. The number of Topliss-reactive ketones (excluding diaryl/α,β-unsaturated/α-hetero) is 1. The Morgan fingerprint density at radius 3 is 2.54 bits per heavy atom. The van der Waals surface area contributed by atoms with E-state index in [9.17, 15) is 14.4 Å². The van der Waals surface area contributed by atoms with E-state index in [2.05, 4.69) is 61.1 Å². The van der Waals surface area contributed by atoms with Crippen LogP contribution < -0.4 is 4.74 Å². The van der Waals surface area contributed by atoms with Crippen LogP contribution in [0.3, 0.4) is 0 Å². The summed E-state index contributed by atoms with van der Waals surface area (Å²) in [5, 5.41) is -0.457. The number of rotatable bonds is 5. The zero-order valence-corrected chi connectivity index (χ0v) is 21.1. The van der Waals surface area contributed by atoms with Crippen LogP contribution in [-0.2, 0) is 4.79 Å². The number of nitrogens with zero attached hydrogens (tertiary/aromatic N) is 1. The van der Waals surface area contributed by atoms with Crippen LogP contribution >= 0.6 is 72.9 Å². The minimum atomic E-state index is -0.476. The lowest BCUT2D eigenvalue weighted by molar-refractivity contribution is -0.122. The Morgan fingerprint density at radius 1 is 1.21 bits per heavy atom. The van der Waals surface area contributed by atoms with Crippen LogP contribution in [0.15, 0.2) is 45.8 Å². The Bertz CT molecular complexity index is 1010. The zero-order chi connectivity index (χ0) is 20.4. The van der Waals surface area contributed by atoms with Gasteiger partial charge in [0.25, 0.3) is 11.1 Å². The number of ketones is 1. The van der Waals surface area contributed by atoms with Gasteiger partial charge in [-0.05, 0) is 87.3 Å². The molecule has 0 aliphatic carbocycles. The van der Waals surface area contributed by atoms with Crippen LogP contribution in [0.4, 0.5) is 4.79 Å². The Labute approximate surface area is 201 Å². The quantitative estimate of drug-likeness (QED) is 0.234. The molecule has 9 heteroatoms. The summed E-state index contributed by atoms with van der Waals surface area (Å²) in [4.78, 5) is 38.7. The Kier molecular flexibility index (Phi) is 7.21. The number of hydrogen-bond donors (Lipinski definition) is 0. The Hall–Kier alpha value is -0.920. The molecular weight excluding hydrogens is 672 g/mol. The maximum atomic E-state index is 12.7. The van der Waals surface area contributed by atoms with Gasteiger partial charge >= 0.3 is 0 Å². The van der Waals surface area contributed by atoms with Gasteiger partial charge in [0.1, 0.15) is 5.75 Å². The zero-order valence-electron chi connectivity index (χ0n) is 14.4. The lowest BCUT2D eigenvalue weighted by Crippen LogP contribution is -2.33. The third-order valence-electron chi connectivity index (χ3n) is 3.87. The highest BCUT2D eigenvalue weighted by molar-refractivity contribution is 14.1. The number of benzene rings is 2. The number of methoxy groups -OCH3 is 1. The highest BCUT2D eigenvalue weighted by atomic mass is 127. The van der Waals surface area contributed by atoms with E-state index < -0.39 is 11.1 Å². The van der Waals surface area contributed by atoms with Crippen LogP contribution in [0, 0.1) is 7.14 Å². The van der Waals surface area contributed by atoms with Crippen molar-refractivity contribution in [3.05, 3.63) is 64.0 Å². The molecule has 2 aromatic carbocycles. The fraction of sp³-hybridized carbons (Fsp3) is 0.105. The summed E-state index contributed by atoms with van der Waals surface area (Å²) in [5.41, 5.74) is 1.16. The first-order valence-electron chi connectivity index (χ1n) is 7.87. The van der Waals surface area contributed by atoms with Crippen LogP contribution in [0.1, 0.15) is 15.9 Å².